The van der Waals surface area contributed by atoms with Crippen molar-refractivity contribution < 1.29 is 18.3 Å². The molecule has 0 saturated carbocycles. The van der Waals surface area contributed by atoms with Crippen LogP contribution in [-0.2, 0) is 4.79 Å². The maximum Gasteiger partial charge on any atom is 0.387 e. The Morgan fingerprint density at radius 3 is 2.55 bits per heavy atom. The number of nitrogens with one attached hydrogen (secondary N) is 1. The second kappa shape index (κ2) is 8.30. The minimum Gasteiger partial charge on any atom is -0.434 e. The molecule has 110 valence electrons. The molecule has 1 amide bonds. The molecule has 0 radical (unpaired) electrons. The van der Waals surface area contributed by atoms with Crippen LogP contribution in [0.4, 0.5) is 8.78 Å². The smallest absolute Gasteiger partial charge is 0.387 e. The van der Waals surface area contributed by atoms with E-state index < -0.39 is 6.61 Å². The molecule has 1 rings (SSSR count). The Balaban J connectivity index is 2.72. The molecule has 3 nitrogen and oxygen atoms in total. The fourth-order valence-corrected chi connectivity index (χ4v) is 1.73. The number of hydrogen-bond acceptors (Lipinski definition) is 2. The molecule has 0 bridgehead atoms. The van der Waals surface area contributed by atoms with Crippen molar-refractivity contribution in [2.45, 2.75) is 39.3 Å². The van der Waals surface area contributed by atoms with Crippen molar-refractivity contribution in [1.29, 1.82) is 0 Å². The van der Waals surface area contributed by atoms with Crippen LogP contribution in [0.5, 0.6) is 5.75 Å². The zero-order valence-corrected chi connectivity index (χ0v) is 11.6. The van der Waals surface area contributed by atoms with E-state index in [2.05, 4.69) is 10.1 Å². The molecule has 0 aliphatic rings. The predicted molar refractivity (Wildman–Crippen MR) is 74.6 cm³/mol. The summed E-state index contributed by atoms with van der Waals surface area (Å²) in [6, 6.07) is 6.46. The average molecular weight is 283 g/mol. The van der Waals surface area contributed by atoms with Crippen molar-refractivity contribution in [2.75, 3.05) is 0 Å². The number of hydrogen-bond donors (Lipinski definition) is 1. The van der Waals surface area contributed by atoms with Crippen LogP contribution in [0.1, 0.15) is 32.3 Å². The van der Waals surface area contributed by atoms with Gasteiger partial charge in [-0.05, 0) is 25.0 Å². The van der Waals surface area contributed by atoms with Crippen molar-refractivity contribution in [2.24, 2.45) is 0 Å². The highest BCUT2D eigenvalue weighted by Gasteiger charge is 2.08. The summed E-state index contributed by atoms with van der Waals surface area (Å²) < 4.78 is 28.9. The zero-order valence-electron chi connectivity index (χ0n) is 11.6. The Morgan fingerprint density at radius 2 is 1.95 bits per heavy atom. The van der Waals surface area contributed by atoms with E-state index in [1.165, 1.54) is 18.2 Å². The van der Waals surface area contributed by atoms with Gasteiger partial charge in [0.05, 0.1) is 0 Å². The van der Waals surface area contributed by atoms with E-state index in [1.54, 1.807) is 18.2 Å². The number of carbonyl (C=O) groups excluding carboxylic acids is 1. The standard InChI is InChI=1S/C15H19F2NO2/c1-3-12(4-2)18-14(19)10-9-11-7-5-6-8-13(11)20-15(16)17/h5-10,12,15H,3-4H2,1-2H3,(H,18,19)/b10-9+. The van der Waals surface area contributed by atoms with Gasteiger partial charge in [0.15, 0.2) is 0 Å². The normalized spacial score (nSPS) is 11.3. The van der Waals surface area contributed by atoms with Crippen LogP contribution >= 0.6 is 0 Å². The average Bonchev–Trinajstić information content (AvgIpc) is 2.43. The summed E-state index contributed by atoms with van der Waals surface area (Å²) in [7, 11) is 0. The summed E-state index contributed by atoms with van der Waals surface area (Å²) in [4.78, 5) is 11.7. The van der Waals surface area contributed by atoms with E-state index in [4.69, 9.17) is 0 Å². The van der Waals surface area contributed by atoms with E-state index in [1.807, 2.05) is 13.8 Å². The molecule has 0 fully saturated rings. The summed E-state index contributed by atoms with van der Waals surface area (Å²) in [5, 5.41) is 2.83. The fraction of sp³-hybridized carbons (Fsp3) is 0.400. The lowest BCUT2D eigenvalue weighted by atomic mass is 10.1. The van der Waals surface area contributed by atoms with Crippen molar-refractivity contribution in [1.82, 2.24) is 5.32 Å². The molecule has 0 saturated heterocycles. The number of amides is 1. The molecule has 20 heavy (non-hydrogen) atoms. The summed E-state index contributed by atoms with van der Waals surface area (Å²) >= 11 is 0. The fourth-order valence-electron chi connectivity index (χ4n) is 1.73. The maximum atomic E-state index is 12.2. The van der Waals surface area contributed by atoms with E-state index in [9.17, 15) is 13.6 Å². The van der Waals surface area contributed by atoms with Gasteiger partial charge < -0.3 is 10.1 Å². The molecule has 1 aromatic rings. The van der Waals surface area contributed by atoms with Crippen LogP contribution < -0.4 is 10.1 Å². The molecular formula is C15H19F2NO2. The van der Waals surface area contributed by atoms with Crippen molar-refractivity contribution in [3.05, 3.63) is 35.9 Å². The third-order valence-electron chi connectivity index (χ3n) is 2.88. The van der Waals surface area contributed by atoms with Crippen LogP contribution in [-0.4, -0.2) is 18.6 Å². The Morgan fingerprint density at radius 1 is 1.30 bits per heavy atom. The van der Waals surface area contributed by atoms with E-state index in [-0.39, 0.29) is 17.7 Å². The SMILES string of the molecule is CCC(CC)NC(=O)/C=C/c1ccccc1OC(F)F. The minimum absolute atomic E-state index is 0.0501. The molecular weight excluding hydrogens is 264 g/mol. The van der Waals surface area contributed by atoms with Gasteiger partial charge in [0.2, 0.25) is 5.91 Å². The van der Waals surface area contributed by atoms with Gasteiger partial charge in [0.25, 0.3) is 0 Å². The lowest BCUT2D eigenvalue weighted by molar-refractivity contribution is -0.117. The number of para-hydroxylation sites is 1. The van der Waals surface area contributed by atoms with E-state index in [0.717, 1.165) is 12.8 Å². The Kier molecular flexibility index (Phi) is 6.70. The molecule has 0 unspecified atom stereocenters. The first-order chi connectivity index (χ1) is 9.56. The number of alkyl halides is 2. The van der Waals surface area contributed by atoms with Crippen LogP contribution in [0.25, 0.3) is 6.08 Å². The lowest BCUT2D eigenvalue weighted by Crippen LogP contribution is -2.32. The first-order valence-corrected chi connectivity index (χ1v) is 6.59. The molecule has 0 heterocycles. The first kappa shape index (κ1) is 16.1. The quantitative estimate of drug-likeness (QED) is 0.776. The number of ether oxygens (including phenoxy) is 1. The van der Waals surface area contributed by atoms with Gasteiger partial charge in [-0.15, -0.1) is 0 Å². The van der Waals surface area contributed by atoms with Crippen molar-refractivity contribution in [3.63, 3.8) is 0 Å². The number of benzene rings is 1. The number of halogens is 2. The van der Waals surface area contributed by atoms with E-state index in [0.29, 0.717) is 5.56 Å². The first-order valence-electron chi connectivity index (χ1n) is 6.59. The molecule has 0 aliphatic heterocycles. The molecule has 0 aliphatic carbocycles. The van der Waals surface area contributed by atoms with Crippen LogP contribution in [0.2, 0.25) is 0 Å². The highest BCUT2D eigenvalue weighted by Crippen LogP contribution is 2.21. The van der Waals surface area contributed by atoms with Gasteiger partial charge in [0, 0.05) is 17.7 Å². The topological polar surface area (TPSA) is 38.3 Å². The summed E-state index contributed by atoms with van der Waals surface area (Å²) in [5.41, 5.74) is 0.437. The van der Waals surface area contributed by atoms with E-state index >= 15 is 0 Å². The van der Waals surface area contributed by atoms with Crippen LogP contribution in [0.15, 0.2) is 30.3 Å². The zero-order chi connectivity index (χ0) is 15.0. The minimum atomic E-state index is -2.89. The summed E-state index contributed by atoms with van der Waals surface area (Å²) in [6.45, 7) is 1.09. The van der Waals surface area contributed by atoms with Gasteiger partial charge in [-0.25, -0.2) is 0 Å². The second-order valence-corrected chi connectivity index (χ2v) is 4.27. The van der Waals surface area contributed by atoms with Crippen LogP contribution in [0.3, 0.4) is 0 Å². The Labute approximate surface area is 117 Å². The molecule has 0 spiro atoms. The van der Waals surface area contributed by atoms with Gasteiger partial charge in [-0.1, -0.05) is 32.0 Å². The number of carbonyl (C=O) groups is 1. The number of rotatable bonds is 7. The Hall–Kier alpha value is -1.91. The molecule has 5 heteroatoms. The highest BCUT2D eigenvalue weighted by atomic mass is 19.3. The van der Waals surface area contributed by atoms with Gasteiger partial charge >= 0.3 is 6.61 Å². The predicted octanol–water partition coefficient (Wildman–Crippen LogP) is 3.61. The lowest BCUT2D eigenvalue weighted by Gasteiger charge is -2.12. The molecule has 0 atom stereocenters. The summed E-state index contributed by atoms with van der Waals surface area (Å²) in [5.74, 6) is -0.195. The molecule has 1 aromatic carbocycles. The Bertz CT molecular complexity index is 457. The largest absolute Gasteiger partial charge is 0.434 e. The third-order valence-corrected chi connectivity index (χ3v) is 2.88. The van der Waals surface area contributed by atoms with Crippen molar-refractivity contribution >= 4 is 12.0 Å². The second-order valence-electron chi connectivity index (χ2n) is 4.27. The monoisotopic (exact) mass is 283 g/mol. The van der Waals surface area contributed by atoms with Gasteiger partial charge in [0.1, 0.15) is 5.75 Å². The van der Waals surface area contributed by atoms with Crippen molar-refractivity contribution in [3.8, 4) is 5.75 Å². The molecule has 0 aromatic heterocycles. The third kappa shape index (κ3) is 5.38. The van der Waals surface area contributed by atoms with Gasteiger partial charge in [-0.3, -0.25) is 4.79 Å². The van der Waals surface area contributed by atoms with Gasteiger partial charge in [-0.2, -0.15) is 8.78 Å². The maximum absolute atomic E-state index is 12.2. The highest BCUT2D eigenvalue weighted by molar-refractivity contribution is 5.92. The molecule has 1 N–H and O–H groups in total. The van der Waals surface area contributed by atoms with Crippen LogP contribution in [0, 0.1) is 0 Å². The summed E-state index contributed by atoms with van der Waals surface area (Å²) in [6.07, 6.45) is 4.49.